The van der Waals surface area contributed by atoms with E-state index in [4.69, 9.17) is 4.74 Å². The van der Waals surface area contributed by atoms with Gasteiger partial charge in [0.1, 0.15) is 0 Å². The minimum absolute atomic E-state index is 0.220. The third-order valence-corrected chi connectivity index (χ3v) is 4.62. The van der Waals surface area contributed by atoms with Crippen LogP contribution in [-0.2, 0) is 4.74 Å². The number of benzene rings is 1. The van der Waals surface area contributed by atoms with E-state index in [1.165, 1.54) is 4.90 Å². The molecule has 1 fully saturated rings. The molecule has 0 spiro atoms. The highest BCUT2D eigenvalue weighted by atomic mass is 79.9. The molecule has 0 bridgehead atoms. The molecule has 2 nitrogen and oxygen atoms in total. The minimum Gasteiger partial charge on any atom is -0.392 e. The lowest BCUT2D eigenvalue weighted by Gasteiger charge is -2.26. The summed E-state index contributed by atoms with van der Waals surface area (Å²) in [6.45, 7) is 1.59. The Morgan fingerprint density at radius 1 is 1.41 bits per heavy atom. The maximum absolute atomic E-state index is 10.1. The number of rotatable bonds is 4. The molecule has 1 aromatic carbocycles. The van der Waals surface area contributed by atoms with Gasteiger partial charge in [-0.15, -0.1) is 11.8 Å². The zero-order valence-electron chi connectivity index (χ0n) is 9.64. The van der Waals surface area contributed by atoms with Crippen molar-refractivity contribution in [3.63, 3.8) is 0 Å². The van der Waals surface area contributed by atoms with E-state index >= 15 is 0 Å². The predicted octanol–water partition coefficient (Wildman–Crippen LogP) is 3.33. The molecule has 1 unspecified atom stereocenters. The fourth-order valence-electron chi connectivity index (χ4n) is 1.98. The van der Waals surface area contributed by atoms with Gasteiger partial charge in [-0.2, -0.15) is 0 Å². The molecule has 0 aromatic heterocycles. The first-order chi connectivity index (χ1) is 8.25. The highest BCUT2D eigenvalue weighted by molar-refractivity contribution is 9.10. The van der Waals surface area contributed by atoms with Gasteiger partial charge < -0.3 is 9.84 Å². The zero-order chi connectivity index (χ0) is 12.1. The van der Waals surface area contributed by atoms with E-state index in [9.17, 15) is 5.11 Å². The summed E-state index contributed by atoms with van der Waals surface area (Å²) in [6.07, 6.45) is 1.75. The largest absolute Gasteiger partial charge is 0.392 e. The summed E-state index contributed by atoms with van der Waals surface area (Å²) < 4.78 is 6.39. The second kappa shape index (κ2) is 6.78. The first-order valence-electron chi connectivity index (χ1n) is 5.90. The van der Waals surface area contributed by atoms with E-state index in [0.29, 0.717) is 5.92 Å². The van der Waals surface area contributed by atoms with Crippen LogP contribution in [0.15, 0.2) is 33.6 Å². The lowest BCUT2D eigenvalue weighted by Crippen LogP contribution is -2.28. The molecule has 1 saturated heterocycles. The monoisotopic (exact) mass is 316 g/mol. The maximum atomic E-state index is 10.1. The summed E-state index contributed by atoms with van der Waals surface area (Å²) >= 11 is 5.17. The fourth-order valence-corrected chi connectivity index (χ4v) is 3.55. The van der Waals surface area contributed by atoms with Crippen LogP contribution in [0, 0.1) is 5.92 Å². The molecule has 0 aliphatic carbocycles. The summed E-state index contributed by atoms with van der Waals surface area (Å²) in [5.74, 6) is 1.17. The second-order valence-corrected chi connectivity index (χ2v) is 6.29. The first-order valence-corrected chi connectivity index (χ1v) is 7.68. The Balaban J connectivity index is 1.80. The molecular weight excluding hydrogens is 300 g/mol. The third-order valence-electron chi connectivity index (χ3n) is 3.03. The van der Waals surface area contributed by atoms with Gasteiger partial charge in [0.2, 0.25) is 0 Å². The molecule has 1 aromatic rings. The molecule has 2 rings (SSSR count). The van der Waals surface area contributed by atoms with Crippen molar-refractivity contribution in [2.45, 2.75) is 23.8 Å². The Bertz CT molecular complexity index is 353. The number of thioether (sulfide) groups is 1. The lowest BCUT2D eigenvalue weighted by atomic mass is 9.95. The number of halogens is 1. The molecule has 1 aliphatic heterocycles. The SMILES string of the molecule is OC(CSc1cccc(Br)c1)C1CCOCC1. The summed E-state index contributed by atoms with van der Waals surface area (Å²) in [5, 5.41) is 10.1. The van der Waals surface area contributed by atoms with Gasteiger partial charge in [0.25, 0.3) is 0 Å². The van der Waals surface area contributed by atoms with E-state index in [0.717, 1.165) is 36.3 Å². The first kappa shape index (κ1) is 13.4. The van der Waals surface area contributed by atoms with Crippen LogP contribution in [0.4, 0.5) is 0 Å². The molecular formula is C13H17BrO2S. The Morgan fingerprint density at radius 2 is 2.18 bits per heavy atom. The summed E-state index contributed by atoms with van der Waals surface area (Å²) in [4.78, 5) is 1.20. The van der Waals surface area contributed by atoms with Crippen molar-refractivity contribution >= 4 is 27.7 Å². The molecule has 94 valence electrons. The number of aliphatic hydroxyl groups excluding tert-OH is 1. The van der Waals surface area contributed by atoms with Crippen molar-refractivity contribution in [2.24, 2.45) is 5.92 Å². The summed E-state index contributed by atoms with van der Waals surface area (Å²) in [6, 6.07) is 8.19. The van der Waals surface area contributed by atoms with Gasteiger partial charge in [0, 0.05) is 28.3 Å². The van der Waals surface area contributed by atoms with Gasteiger partial charge in [-0.1, -0.05) is 22.0 Å². The normalized spacial score (nSPS) is 19.2. The average Bonchev–Trinajstić information content (AvgIpc) is 2.37. The van der Waals surface area contributed by atoms with Crippen molar-refractivity contribution < 1.29 is 9.84 Å². The van der Waals surface area contributed by atoms with Gasteiger partial charge in [0.05, 0.1) is 6.10 Å². The van der Waals surface area contributed by atoms with Gasteiger partial charge >= 0.3 is 0 Å². The number of aliphatic hydroxyl groups is 1. The second-order valence-electron chi connectivity index (χ2n) is 4.29. The smallest absolute Gasteiger partial charge is 0.0663 e. The number of hydrogen-bond acceptors (Lipinski definition) is 3. The Morgan fingerprint density at radius 3 is 2.88 bits per heavy atom. The molecule has 1 N–H and O–H groups in total. The van der Waals surface area contributed by atoms with Crippen LogP contribution < -0.4 is 0 Å². The van der Waals surface area contributed by atoms with Gasteiger partial charge in [-0.05, 0) is 37.0 Å². The average molecular weight is 317 g/mol. The van der Waals surface area contributed by atoms with Crippen molar-refractivity contribution in [2.75, 3.05) is 19.0 Å². The van der Waals surface area contributed by atoms with E-state index < -0.39 is 0 Å². The van der Waals surface area contributed by atoms with Crippen LogP contribution >= 0.6 is 27.7 Å². The molecule has 4 heteroatoms. The van der Waals surface area contributed by atoms with Crippen molar-refractivity contribution in [3.05, 3.63) is 28.7 Å². The minimum atomic E-state index is -0.220. The molecule has 0 radical (unpaired) electrons. The zero-order valence-corrected chi connectivity index (χ0v) is 12.0. The highest BCUT2D eigenvalue weighted by Crippen LogP contribution is 2.26. The molecule has 1 atom stereocenters. The van der Waals surface area contributed by atoms with Crippen LogP contribution in [-0.4, -0.2) is 30.2 Å². The number of ether oxygens (including phenoxy) is 1. The quantitative estimate of drug-likeness (QED) is 0.864. The topological polar surface area (TPSA) is 29.5 Å². The molecule has 0 saturated carbocycles. The van der Waals surface area contributed by atoms with Crippen molar-refractivity contribution in [1.82, 2.24) is 0 Å². The maximum Gasteiger partial charge on any atom is 0.0663 e. The fraction of sp³-hybridized carbons (Fsp3) is 0.538. The van der Waals surface area contributed by atoms with Gasteiger partial charge in [-0.3, -0.25) is 0 Å². The molecule has 1 heterocycles. The van der Waals surface area contributed by atoms with Gasteiger partial charge in [-0.25, -0.2) is 0 Å². The summed E-state index contributed by atoms with van der Waals surface area (Å²) in [5.41, 5.74) is 0. The number of hydrogen-bond donors (Lipinski definition) is 1. The third kappa shape index (κ3) is 4.28. The van der Waals surface area contributed by atoms with Crippen LogP contribution in [0.5, 0.6) is 0 Å². The van der Waals surface area contributed by atoms with Crippen LogP contribution in [0.2, 0.25) is 0 Å². The lowest BCUT2D eigenvalue weighted by molar-refractivity contribution is 0.0169. The van der Waals surface area contributed by atoms with E-state index in [2.05, 4.69) is 28.1 Å². The van der Waals surface area contributed by atoms with Crippen LogP contribution in [0.3, 0.4) is 0 Å². The predicted molar refractivity (Wildman–Crippen MR) is 74.4 cm³/mol. The highest BCUT2D eigenvalue weighted by Gasteiger charge is 2.21. The Hall–Kier alpha value is -0.0300. The van der Waals surface area contributed by atoms with Crippen molar-refractivity contribution in [3.8, 4) is 0 Å². The van der Waals surface area contributed by atoms with Gasteiger partial charge in [0.15, 0.2) is 0 Å². The van der Waals surface area contributed by atoms with E-state index in [-0.39, 0.29) is 6.10 Å². The van der Waals surface area contributed by atoms with Crippen LogP contribution in [0.1, 0.15) is 12.8 Å². The van der Waals surface area contributed by atoms with Crippen LogP contribution in [0.25, 0.3) is 0 Å². The molecule has 17 heavy (non-hydrogen) atoms. The van der Waals surface area contributed by atoms with E-state index in [1.807, 2.05) is 12.1 Å². The summed E-state index contributed by atoms with van der Waals surface area (Å²) in [7, 11) is 0. The molecule has 0 amide bonds. The standard InChI is InChI=1S/C13H17BrO2S/c14-11-2-1-3-12(8-11)17-9-13(15)10-4-6-16-7-5-10/h1-3,8,10,13,15H,4-7,9H2. The van der Waals surface area contributed by atoms with Crippen molar-refractivity contribution in [1.29, 1.82) is 0 Å². The molecule has 1 aliphatic rings. The Kier molecular flexibility index (Phi) is 5.35. The Labute approximate surface area is 115 Å². The van der Waals surface area contributed by atoms with E-state index in [1.54, 1.807) is 11.8 Å².